The molecule has 1 aromatic heterocycles. The summed E-state index contributed by atoms with van der Waals surface area (Å²) < 4.78 is 1.44. The van der Waals surface area contributed by atoms with Gasteiger partial charge in [0.05, 0.1) is 0 Å². The van der Waals surface area contributed by atoms with Gasteiger partial charge in [0.15, 0.2) is 0 Å². The van der Waals surface area contributed by atoms with Crippen LogP contribution in [0.5, 0.6) is 5.75 Å². The average Bonchev–Trinajstić information content (AvgIpc) is 3.42. The van der Waals surface area contributed by atoms with Crippen molar-refractivity contribution in [2.24, 2.45) is 7.05 Å². The Hall–Kier alpha value is -3.65. The van der Waals surface area contributed by atoms with E-state index in [1.807, 2.05) is 0 Å². The van der Waals surface area contributed by atoms with Crippen molar-refractivity contribution in [1.29, 1.82) is 0 Å². The summed E-state index contributed by atoms with van der Waals surface area (Å²) in [6.07, 6.45) is 0. The van der Waals surface area contributed by atoms with E-state index in [4.69, 9.17) is 0 Å². The average molecular weight is 669 g/mol. The Kier molecular flexibility index (Phi) is 10.8. The molecule has 0 bridgehead atoms. The fourth-order valence-electron chi connectivity index (χ4n) is 4.86. The van der Waals surface area contributed by atoms with Crippen molar-refractivity contribution in [1.82, 2.24) is 45.5 Å². The number of tetrazole rings is 1. The minimum absolute atomic E-state index is 0. The number of β-lactam (4-membered cyclic amide) rings is 1. The van der Waals surface area contributed by atoms with Crippen LogP contribution in [0.1, 0.15) is 18.5 Å². The van der Waals surface area contributed by atoms with Crippen LogP contribution in [-0.4, -0.2) is 153 Å². The van der Waals surface area contributed by atoms with E-state index in [1.54, 1.807) is 14.0 Å². The van der Waals surface area contributed by atoms with E-state index in [0.717, 1.165) is 4.90 Å². The second-order valence-corrected chi connectivity index (χ2v) is 11.9. The minimum Gasteiger partial charge on any atom is -0.508 e. The van der Waals surface area contributed by atoms with Crippen molar-refractivity contribution in [3.63, 3.8) is 0 Å². The van der Waals surface area contributed by atoms with Crippen LogP contribution in [0.2, 0.25) is 0 Å². The number of carbonyl (C=O) groups is 6. The van der Waals surface area contributed by atoms with E-state index < -0.39 is 53.1 Å². The number of carboxylic acid groups (broad SMARTS) is 1. The molecule has 4 heterocycles. The summed E-state index contributed by atoms with van der Waals surface area (Å²) in [5, 5.41) is 35.6. The van der Waals surface area contributed by atoms with Crippen LogP contribution in [0, 0.1) is 0 Å². The number of urea groups is 1. The van der Waals surface area contributed by atoms with Gasteiger partial charge in [-0.3, -0.25) is 29.0 Å². The number of aliphatic carboxylic acids is 1. The van der Waals surface area contributed by atoms with Gasteiger partial charge in [-0.15, -0.1) is 16.9 Å². The molecule has 4 N–H and O–H groups in total. The molecule has 2 saturated heterocycles. The number of phenols is 1. The zero-order valence-electron chi connectivity index (χ0n) is 24.4. The Morgan fingerprint density at radius 1 is 1.13 bits per heavy atom. The molecule has 20 heteroatoms. The van der Waals surface area contributed by atoms with Crippen LogP contribution in [0.15, 0.2) is 40.7 Å². The summed E-state index contributed by atoms with van der Waals surface area (Å²) in [5.74, 6) is -4.26. The van der Waals surface area contributed by atoms with Gasteiger partial charge in [-0.25, -0.2) is 14.3 Å². The SMILES string of the molecule is CCN1CCN(C(=O)N[C@@H](C(=O)N[C@@H]2C(=O)N3C(C(=O)O)=C(CSc4nnnn4C)CS[C@H]23)c2ccc(O)cc2)C(=O)C1=O.[Na]. The molecular weight excluding hydrogens is 641 g/mol. The number of likely N-dealkylation sites (N-methyl/N-ethyl adjacent to an activating group) is 1. The molecule has 2 fully saturated rings. The second kappa shape index (κ2) is 14.2. The summed E-state index contributed by atoms with van der Waals surface area (Å²) in [6, 6.07) is 1.84. The first-order valence-corrected chi connectivity index (χ1v) is 15.3. The maximum Gasteiger partial charge on any atom is 0.352 e. The first-order chi connectivity index (χ1) is 21.0. The van der Waals surface area contributed by atoms with Gasteiger partial charge in [0.25, 0.3) is 5.91 Å². The minimum atomic E-state index is -1.42. The number of aryl methyl sites for hydroxylation is 1. The van der Waals surface area contributed by atoms with Gasteiger partial charge in [-0.05, 0) is 40.6 Å². The van der Waals surface area contributed by atoms with E-state index in [0.29, 0.717) is 22.2 Å². The standard InChI is InChI=1S/C25H27N9O8S2.Na/c1-3-32-8-9-33(21(39)20(32)38)24(42)27-15(12-4-6-14(35)7-5-12)18(36)26-16-19(37)34-17(23(40)41)13(10-43-22(16)34)11-44-25-28-29-30-31(25)2;/h4-7,15-16,22,35H,3,8-11H2,1-2H3,(H,26,36)(H,27,42)(H,40,41);/t15-,16-,22-;/m1./s1. The number of imide groups is 1. The van der Waals surface area contributed by atoms with Crippen molar-refractivity contribution in [3.8, 4) is 5.75 Å². The molecule has 1 aromatic carbocycles. The van der Waals surface area contributed by atoms with Gasteiger partial charge in [-0.1, -0.05) is 23.9 Å². The van der Waals surface area contributed by atoms with Gasteiger partial charge in [0.2, 0.25) is 11.1 Å². The Bertz CT molecular complexity index is 1570. The monoisotopic (exact) mass is 668 g/mol. The summed E-state index contributed by atoms with van der Waals surface area (Å²) in [7, 11) is 1.64. The third-order valence-electron chi connectivity index (χ3n) is 7.20. The summed E-state index contributed by atoms with van der Waals surface area (Å²) in [5.41, 5.74) is 0.536. The van der Waals surface area contributed by atoms with Crippen molar-refractivity contribution in [3.05, 3.63) is 41.1 Å². The van der Waals surface area contributed by atoms with E-state index in [1.165, 1.54) is 57.4 Å². The van der Waals surface area contributed by atoms with Crippen LogP contribution in [0.4, 0.5) is 4.79 Å². The summed E-state index contributed by atoms with van der Waals surface area (Å²) in [6.45, 7) is 2.04. The maximum atomic E-state index is 13.6. The number of nitrogens with one attached hydrogen (secondary N) is 2. The molecule has 3 atom stereocenters. The number of piperazine rings is 1. The number of hydrogen-bond acceptors (Lipinski definition) is 12. The van der Waals surface area contributed by atoms with E-state index >= 15 is 0 Å². The normalized spacial score (nSPS) is 20.2. The molecule has 1 radical (unpaired) electrons. The number of aromatic nitrogens is 4. The third-order valence-corrected chi connectivity index (χ3v) is 9.63. The number of benzene rings is 1. The molecule has 17 nitrogen and oxygen atoms in total. The van der Waals surface area contributed by atoms with E-state index in [-0.39, 0.29) is 71.2 Å². The Morgan fingerprint density at radius 3 is 2.47 bits per heavy atom. The summed E-state index contributed by atoms with van der Waals surface area (Å²) in [4.78, 5) is 80.1. The van der Waals surface area contributed by atoms with Crippen LogP contribution >= 0.6 is 23.5 Å². The summed E-state index contributed by atoms with van der Waals surface area (Å²) >= 11 is 2.49. The first kappa shape index (κ1) is 34.2. The van der Waals surface area contributed by atoms with Crippen LogP contribution in [0.25, 0.3) is 0 Å². The van der Waals surface area contributed by atoms with E-state index in [2.05, 4.69) is 26.2 Å². The van der Waals surface area contributed by atoms with Gasteiger partial charge in [0, 0.05) is 67.7 Å². The van der Waals surface area contributed by atoms with Crippen LogP contribution < -0.4 is 10.6 Å². The van der Waals surface area contributed by atoms with Crippen LogP contribution in [0.3, 0.4) is 0 Å². The molecule has 0 spiro atoms. The molecule has 0 saturated carbocycles. The smallest absolute Gasteiger partial charge is 0.352 e. The molecule has 6 amide bonds. The molecule has 2 aromatic rings. The number of nitrogens with zero attached hydrogens (tertiary/aromatic N) is 7. The number of thioether (sulfide) groups is 2. The topological polar surface area (TPSA) is 220 Å². The molecule has 3 aliphatic heterocycles. The van der Waals surface area contributed by atoms with E-state index in [9.17, 15) is 39.0 Å². The largest absolute Gasteiger partial charge is 0.508 e. The number of hydrogen-bond donors (Lipinski definition) is 4. The molecule has 0 unspecified atom stereocenters. The zero-order valence-corrected chi connectivity index (χ0v) is 28.0. The fourth-order valence-corrected chi connectivity index (χ4v) is 7.20. The molecule has 0 aliphatic carbocycles. The Morgan fingerprint density at radius 2 is 1.84 bits per heavy atom. The van der Waals surface area contributed by atoms with Crippen molar-refractivity contribution < 1.29 is 39.0 Å². The predicted octanol–water partition coefficient (Wildman–Crippen LogP) is -1.49. The Labute approximate surface area is 286 Å². The first-order valence-electron chi connectivity index (χ1n) is 13.3. The number of rotatable bonds is 9. The van der Waals surface area contributed by atoms with Gasteiger partial charge in [0.1, 0.15) is 28.9 Å². The number of amides is 6. The van der Waals surface area contributed by atoms with Crippen LogP contribution in [-0.2, 0) is 31.0 Å². The number of carboxylic acids is 1. The number of phenolic OH excluding ortho intramolecular Hbond substituents is 1. The van der Waals surface area contributed by atoms with Crippen molar-refractivity contribution in [2.45, 2.75) is 29.5 Å². The number of carbonyl (C=O) groups excluding carboxylic acids is 5. The molecular formula is C25H27N9NaO8S2. The molecule has 45 heavy (non-hydrogen) atoms. The van der Waals surface area contributed by atoms with Crippen molar-refractivity contribution >= 4 is 88.7 Å². The second-order valence-electron chi connectivity index (χ2n) is 9.84. The third kappa shape index (κ3) is 6.81. The van der Waals surface area contributed by atoms with Gasteiger partial charge in [-0.2, -0.15) is 0 Å². The predicted molar refractivity (Wildman–Crippen MR) is 158 cm³/mol. The molecule has 5 rings (SSSR count). The van der Waals surface area contributed by atoms with Gasteiger partial charge < -0.3 is 25.7 Å². The van der Waals surface area contributed by atoms with Gasteiger partial charge >= 0.3 is 23.8 Å². The maximum absolute atomic E-state index is 13.6. The molecule has 3 aliphatic rings. The fraction of sp³-hybridized carbons (Fsp3) is 0.400. The zero-order chi connectivity index (χ0) is 31.7. The number of fused-ring (bicyclic) bond motifs is 1. The quantitative estimate of drug-likeness (QED) is 0.104. The number of aromatic hydroxyl groups is 1. The Balaban J connectivity index is 0.00000461. The molecule has 233 valence electrons. The van der Waals surface area contributed by atoms with Crippen molar-refractivity contribution in [2.75, 3.05) is 31.1 Å².